The first-order chi connectivity index (χ1) is 13.3. The van der Waals surface area contributed by atoms with E-state index in [4.69, 9.17) is 9.47 Å². The van der Waals surface area contributed by atoms with Crippen LogP contribution in [-0.4, -0.2) is 30.2 Å². The van der Waals surface area contributed by atoms with Crippen LogP contribution in [0.5, 0.6) is 5.75 Å². The monoisotopic (exact) mass is 368 g/mol. The van der Waals surface area contributed by atoms with Crippen LogP contribution in [0, 0.1) is 0 Å². The summed E-state index contributed by atoms with van der Waals surface area (Å²) in [6.07, 6.45) is 5.72. The Morgan fingerprint density at radius 1 is 1.04 bits per heavy atom. The topological polar surface area (TPSA) is 51.4 Å². The number of hydrogen-bond donors (Lipinski definition) is 0. The van der Waals surface area contributed by atoms with Gasteiger partial charge in [0, 0.05) is 6.20 Å². The lowest BCUT2D eigenvalue weighted by Crippen LogP contribution is -2.17. The van der Waals surface area contributed by atoms with Gasteiger partial charge in [0.1, 0.15) is 11.8 Å². The number of carbonyl (C=O) groups is 1. The fraction of sp³-hybridized carbons (Fsp3) is 0.455. The molecule has 0 unspecified atom stereocenters. The second-order valence-corrected chi connectivity index (χ2v) is 6.74. The van der Waals surface area contributed by atoms with Gasteiger partial charge in [-0.1, -0.05) is 44.9 Å². The highest BCUT2D eigenvalue weighted by molar-refractivity contribution is 5.89. The molecule has 0 aliphatic carbocycles. The van der Waals surface area contributed by atoms with Gasteiger partial charge in [-0.25, -0.2) is 4.79 Å². The zero-order valence-corrected chi connectivity index (χ0v) is 16.1. The Hall–Kier alpha value is -2.56. The fourth-order valence-electron chi connectivity index (χ4n) is 3.15. The third-order valence-corrected chi connectivity index (χ3v) is 4.68. The number of benzene rings is 1. The lowest BCUT2D eigenvalue weighted by molar-refractivity contribution is -0.143. The number of ether oxygens (including phenoxy) is 2. The Labute approximate surface area is 161 Å². The summed E-state index contributed by atoms with van der Waals surface area (Å²) in [5.41, 5.74) is 1.79. The van der Waals surface area contributed by atoms with Gasteiger partial charge in [-0.3, -0.25) is 4.98 Å². The molecule has 0 N–H and O–H groups in total. The van der Waals surface area contributed by atoms with Crippen LogP contribution < -0.4 is 9.64 Å². The first kappa shape index (κ1) is 19.2. The normalized spacial score (nSPS) is 18.2. The molecular formula is C22H28N2O3. The lowest BCUT2D eigenvalue weighted by Gasteiger charge is -2.13. The van der Waals surface area contributed by atoms with Gasteiger partial charge in [0.05, 0.1) is 24.6 Å². The largest absolute Gasteiger partial charge is 0.491 e. The highest BCUT2D eigenvalue weighted by atomic mass is 16.5. The summed E-state index contributed by atoms with van der Waals surface area (Å²) in [5, 5.41) is 0. The second kappa shape index (κ2) is 9.40. The number of pyridine rings is 1. The van der Waals surface area contributed by atoms with Gasteiger partial charge in [0.2, 0.25) is 0 Å². The van der Waals surface area contributed by atoms with E-state index in [1.54, 1.807) is 6.20 Å². The summed E-state index contributed by atoms with van der Waals surface area (Å²) in [5.74, 6) is 0.609. The molecule has 0 saturated carbocycles. The molecule has 5 heteroatoms. The molecule has 2 heterocycles. The van der Waals surface area contributed by atoms with E-state index in [0.29, 0.717) is 13.2 Å². The lowest BCUT2D eigenvalue weighted by atomic mass is 10.2. The molecule has 0 bridgehead atoms. The SMILES string of the molecule is CCCCOC(=O)[C@H]1[C@@H](c2ccccn2)N1c1ccccc1OCCCC. The van der Waals surface area contributed by atoms with Gasteiger partial charge < -0.3 is 14.4 Å². The second-order valence-electron chi connectivity index (χ2n) is 6.74. The first-order valence-electron chi connectivity index (χ1n) is 9.85. The molecule has 5 nitrogen and oxygen atoms in total. The van der Waals surface area contributed by atoms with Crippen LogP contribution in [0.25, 0.3) is 0 Å². The predicted molar refractivity (Wildman–Crippen MR) is 106 cm³/mol. The average molecular weight is 368 g/mol. The third-order valence-electron chi connectivity index (χ3n) is 4.68. The van der Waals surface area contributed by atoms with Crippen molar-refractivity contribution in [2.24, 2.45) is 0 Å². The summed E-state index contributed by atoms with van der Waals surface area (Å²) in [4.78, 5) is 19.2. The smallest absolute Gasteiger partial charge is 0.331 e. The molecule has 27 heavy (non-hydrogen) atoms. The molecule has 1 aliphatic rings. The number of carbonyl (C=O) groups excluding carboxylic acids is 1. The van der Waals surface area contributed by atoms with Crippen molar-refractivity contribution in [1.82, 2.24) is 4.98 Å². The van der Waals surface area contributed by atoms with Crippen molar-refractivity contribution in [2.75, 3.05) is 18.1 Å². The number of hydrogen-bond acceptors (Lipinski definition) is 5. The number of para-hydroxylation sites is 2. The summed E-state index contributed by atoms with van der Waals surface area (Å²) < 4.78 is 11.5. The number of aromatic nitrogens is 1. The highest BCUT2D eigenvalue weighted by Gasteiger charge is 2.56. The molecule has 1 saturated heterocycles. The first-order valence-corrected chi connectivity index (χ1v) is 9.85. The molecule has 3 rings (SSSR count). The van der Waals surface area contributed by atoms with Gasteiger partial charge in [0.15, 0.2) is 6.04 Å². The minimum atomic E-state index is -0.354. The van der Waals surface area contributed by atoms with Crippen LogP contribution in [0.4, 0.5) is 5.69 Å². The molecule has 1 aromatic heterocycles. The number of esters is 1. The molecule has 2 aromatic rings. The van der Waals surface area contributed by atoms with Crippen LogP contribution in [-0.2, 0) is 9.53 Å². The van der Waals surface area contributed by atoms with E-state index in [1.807, 2.05) is 42.5 Å². The Kier molecular flexibility index (Phi) is 6.69. The Morgan fingerprint density at radius 2 is 1.78 bits per heavy atom. The van der Waals surface area contributed by atoms with Crippen molar-refractivity contribution >= 4 is 11.7 Å². The average Bonchev–Trinajstić information content (AvgIpc) is 3.45. The van der Waals surface area contributed by atoms with Gasteiger partial charge in [0.25, 0.3) is 0 Å². The minimum Gasteiger partial charge on any atom is -0.491 e. The predicted octanol–water partition coefficient (Wildman–Crippen LogP) is 4.53. The molecule has 144 valence electrons. The molecule has 2 atom stereocenters. The maximum atomic E-state index is 12.7. The summed E-state index contributed by atoms with van der Waals surface area (Å²) in [6, 6.07) is 13.2. The van der Waals surface area contributed by atoms with E-state index in [2.05, 4.69) is 23.7 Å². The zero-order chi connectivity index (χ0) is 19.1. The molecule has 1 aliphatic heterocycles. The van der Waals surface area contributed by atoms with E-state index in [-0.39, 0.29) is 18.1 Å². The Balaban J connectivity index is 1.82. The van der Waals surface area contributed by atoms with Crippen molar-refractivity contribution in [3.63, 3.8) is 0 Å². The maximum absolute atomic E-state index is 12.7. The van der Waals surface area contributed by atoms with Crippen molar-refractivity contribution in [3.8, 4) is 5.75 Å². The molecule has 1 fully saturated rings. The summed E-state index contributed by atoms with van der Waals surface area (Å²) in [6.45, 7) is 5.35. The van der Waals surface area contributed by atoms with E-state index in [1.165, 1.54) is 0 Å². The Morgan fingerprint density at radius 3 is 2.52 bits per heavy atom. The summed E-state index contributed by atoms with van der Waals surface area (Å²) in [7, 11) is 0. The van der Waals surface area contributed by atoms with Crippen LogP contribution >= 0.6 is 0 Å². The third kappa shape index (κ3) is 4.59. The molecule has 0 spiro atoms. The van der Waals surface area contributed by atoms with Crippen LogP contribution in [0.15, 0.2) is 48.7 Å². The maximum Gasteiger partial charge on any atom is 0.331 e. The van der Waals surface area contributed by atoms with Crippen LogP contribution in [0.3, 0.4) is 0 Å². The van der Waals surface area contributed by atoms with Gasteiger partial charge in [-0.15, -0.1) is 0 Å². The zero-order valence-electron chi connectivity index (χ0n) is 16.1. The van der Waals surface area contributed by atoms with Crippen LogP contribution in [0.2, 0.25) is 0 Å². The highest BCUT2D eigenvalue weighted by Crippen LogP contribution is 2.50. The van der Waals surface area contributed by atoms with E-state index in [9.17, 15) is 4.79 Å². The van der Waals surface area contributed by atoms with Crippen LogP contribution in [0.1, 0.15) is 51.3 Å². The fourth-order valence-corrected chi connectivity index (χ4v) is 3.15. The number of rotatable bonds is 10. The molecule has 0 amide bonds. The van der Waals surface area contributed by atoms with E-state index in [0.717, 1.165) is 42.8 Å². The number of anilines is 1. The van der Waals surface area contributed by atoms with E-state index < -0.39 is 0 Å². The van der Waals surface area contributed by atoms with Crippen molar-refractivity contribution in [2.45, 2.75) is 51.6 Å². The summed E-state index contributed by atoms with van der Waals surface area (Å²) >= 11 is 0. The van der Waals surface area contributed by atoms with Crippen molar-refractivity contribution in [1.29, 1.82) is 0 Å². The van der Waals surface area contributed by atoms with Gasteiger partial charge >= 0.3 is 5.97 Å². The number of nitrogens with zero attached hydrogens (tertiary/aromatic N) is 2. The Bertz CT molecular complexity index is 735. The minimum absolute atomic E-state index is 0.115. The van der Waals surface area contributed by atoms with Crippen molar-refractivity contribution < 1.29 is 14.3 Å². The quantitative estimate of drug-likeness (QED) is 0.350. The molecule has 1 aromatic carbocycles. The van der Waals surface area contributed by atoms with E-state index >= 15 is 0 Å². The molecule has 0 radical (unpaired) electrons. The van der Waals surface area contributed by atoms with Gasteiger partial charge in [-0.2, -0.15) is 0 Å². The molecular weight excluding hydrogens is 340 g/mol. The van der Waals surface area contributed by atoms with Gasteiger partial charge in [-0.05, 0) is 37.1 Å². The van der Waals surface area contributed by atoms with Crippen molar-refractivity contribution in [3.05, 3.63) is 54.4 Å². The number of unbranched alkanes of at least 4 members (excludes halogenated alkanes) is 2. The standard InChI is InChI=1S/C22H28N2O3/c1-3-5-15-26-19-13-8-7-12-18(19)24-20(17-11-9-10-14-23-17)21(24)22(25)27-16-6-4-2/h7-14,20-21H,3-6,15-16H2,1-2H3/t20-,21-,24?/m1/s1.